The topological polar surface area (TPSA) is 54.2 Å². The molecule has 0 aromatic carbocycles. The third kappa shape index (κ3) is 4.12. The molecule has 0 saturated carbocycles. The summed E-state index contributed by atoms with van der Waals surface area (Å²) in [6.45, 7) is 9.83. The molecule has 0 saturated heterocycles. The molecule has 2 rings (SSSR count). The van der Waals surface area contributed by atoms with Gasteiger partial charge in [-0.1, -0.05) is 31.4 Å². The highest BCUT2D eigenvalue weighted by atomic mass is 15.2. The summed E-state index contributed by atoms with van der Waals surface area (Å²) in [5.74, 6) is 0. The molecule has 3 N–H and O–H groups in total. The van der Waals surface area contributed by atoms with Gasteiger partial charge in [-0.2, -0.15) is 0 Å². The van der Waals surface area contributed by atoms with Crippen LogP contribution in [0.3, 0.4) is 0 Å². The van der Waals surface area contributed by atoms with Crippen molar-refractivity contribution in [2.45, 2.75) is 6.54 Å². The van der Waals surface area contributed by atoms with Gasteiger partial charge in [-0.25, -0.2) is 0 Å². The lowest BCUT2D eigenvalue weighted by Crippen LogP contribution is -2.31. The van der Waals surface area contributed by atoms with Gasteiger partial charge in [0.05, 0.1) is 30.2 Å². The van der Waals surface area contributed by atoms with Crippen LogP contribution in [0.4, 0.5) is 0 Å². The number of allylic oxidation sites excluding steroid dienone is 4. The highest BCUT2D eigenvalue weighted by molar-refractivity contribution is 5.30. The minimum atomic E-state index is 0.609. The number of hydrogen-bond acceptors (Lipinski definition) is 4. The fourth-order valence-electron chi connectivity index (χ4n) is 2.26. The Kier molecular flexibility index (Phi) is 5.60. The van der Waals surface area contributed by atoms with Gasteiger partial charge in [0.25, 0.3) is 0 Å². The van der Waals surface area contributed by atoms with Crippen molar-refractivity contribution in [3.8, 4) is 0 Å². The second-order valence-corrected chi connectivity index (χ2v) is 4.93. The lowest BCUT2D eigenvalue weighted by molar-refractivity contribution is 0.361. The molecule has 1 aliphatic heterocycles. The lowest BCUT2D eigenvalue weighted by Gasteiger charge is -2.28. The minimum Gasteiger partial charge on any atom is -0.397 e. The smallest absolute Gasteiger partial charge is 0.0607 e. The fourth-order valence-corrected chi connectivity index (χ4v) is 2.26. The highest BCUT2D eigenvalue weighted by Crippen LogP contribution is 2.15. The average Bonchev–Trinajstić information content (AvgIpc) is 2.57. The van der Waals surface area contributed by atoms with E-state index in [4.69, 9.17) is 5.73 Å². The zero-order valence-electron chi connectivity index (χ0n) is 12.7. The molecule has 2 heterocycles. The molecular weight excluding hydrogens is 272 g/mol. The first-order chi connectivity index (χ1) is 10.7. The Morgan fingerprint density at radius 3 is 2.77 bits per heavy atom. The quantitative estimate of drug-likeness (QED) is 0.759. The van der Waals surface area contributed by atoms with Crippen molar-refractivity contribution in [2.75, 3.05) is 13.1 Å². The van der Waals surface area contributed by atoms with Crippen molar-refractivity contribution in [1.82, 2.24) is 15.2 Å². The zero-order chi connectivity index (χ0) is 15.8. The Morgan fingerprint density at radius 1 is 1.32 bits per heavy atom. The van der Waals surface area contributed by atoms with Crippen molar-refractivity contribution in [3.63, 3.8) is 0 Å². The first-order valence-electron chi connectivity index (χ1n) is 7.23. The Labute approximate surface area is 132 Å². The number of pyridine rings is 1. The van der Waals surface area contributed by atoms with E-state index in [2.05, 4.69) is 46.6 Å². The van der Waals surface area contributed by atoms with E-state index >= 15 is 0 Å². The SMILES string of the molecule is C=C/C(N)=C(\C=C)N(CC1=CC=CCN1)Cc1ccccn1. The Bertz CT molecular complexity index is 611. The van der Waals surface area contributed by atoms with Crippen LogP contribution in [0.15, 0.2) is 85.0 Å². The van der Waals surface area contributed by atoms with E-state index in [1.807, 2.05) is 18.2 Å². The van der Waals surface area contributed by atoms with Gasteiger partial charge in [0.15, 0.2) is 0 Å². The summed E-state index contributed by atoms with van der Waals surface area (Å²) in [5, 5.41) is 3.36. The summed E-state index contributed by atoms with van der Waals surface area (Å²) in [6, 6.07) is 5.89. The molecule has 0 spiro atoms. The largest absolute Gasteiger partial charge is 0.397 e. The molecule has 114 valence electrons. The molecule has 4 nitrogen and oxygen atoms in total. The number of nitrogens with one attached hydrogen (secondary N) is 1. The van der Waals surface area contributed by atoms with Gasteiger partial charge >= 0.3 is 0 Å². The lowest BCUT2D eigenvalue weighted by atomic mass is 10.2. The van der Waals surface area contributed by atoms with Gasteiger partial charge in [-0.3, -0.25) is 4.98 Å². The summed E-state index contributed by atoms with van der Waals surface area (Å²) in [6.07, 6.45) is 11.4. The molecule has 0 aliphatic carbocycles. The summed E-state index contributed by atoms with van der Waals surface area (Å²) in [4.78, 5) is 6.54. The maximum Gasteiger partial charge on any atom is 0.0607 e. The molecule has 4 heteroatoms. The fraction of sp³-hybridized carbons (Fsp3) is 0.167. The molecule has 22 heavy (non-hydrogen) atoms. The second-order valence-electron chi connectivity index (χ2n) is 4.93. The van der Waals surface area contributed by atoms with Crippen molar-refractivity contribution >= 4 is 0 Å². The van der Waals surface area contributed by atoms with Crippen molar-refractivity contribution in [1.29, 1.82) is 0 Å². The Hall–Kier alpha value is -2.75. The van der Waals surface area contributed by atoms with Crippen LogP contribution < -0.4 is 11.1 Å². The molecular formula is C18H22N4. The number of nitrogens with zero attached hydrogens (tertiary/aromatic N) is 2. The maximum atomic E-state index is 6.06. The van der Waals surface area contributed by atoms with Crippen LogP contribution in [0.25, 0.3) is 0 Å². The van der Waals surface area contributed by atoms with E-state index < -0.39 is 0 Å². The van der Waals surface area contributed by atoms with Crippen molar-refractivity contribution in [2.24, 2.45) is 5.73 Å². The molecule has 0 bridgehead atoms. The van der Waals surface area contributed by atoms with E-state index in [1.165, 1.54) is 0 Å². The first kappa shape index (κ1) is 15.6. The van der Waals surface area contributed by atoms with Crippen LogP contribution in [-0.4, -0.2) is 23.0 Å². The molecule has 0 atom stereocenters. The van der Waals surface area contributed by atoms with Gasteiger partial charge in [0.2, 0.25) is 0 Å². The number of nitrogens with two attached hydrogens (primary N) is 1. The van der Waals surface area contributed by atoms with E-state index in [9.17, 15) is 0 Å². The van der Waals surface area contributed by atoms with Crippen LogP contribution in [-0.2, 0) is 6.54 Å². The van der Waals surface area contributed by atoms with Gasteiger partial charge < -0.3 is 16.0 Å². The average molecular weight is 294 g/mol. The Morgan fingerprint density at radius 2 is 2.18 bits per heavy atom. The molecule has 0 amide bonds. The van der Waals surface area contributed by atoms with Gasteiger partial charge in [0, 0.05) is 18.4 Å². The van der Waals surface area contributed by atoms with Crippen LogP contribution in [0, 0.1) is 0 Å². The maximum absolute atomic E-state index is 6.06. The predicted molar refractivity (Wildman–Crippen MR) is 91.5 cm³/mol. The van der Waals surface area contributed by atoms with E-state index in [0.29, 0.717) is 18.8 Å². The molecule has 1 aliphatic rings. The zero-order valence-corrected chi connectivity index (χ0v) is 12.7. The van der Waals surface area contributed by atoms with Crippen molar-refractivity contribution < 1.29 is 0 Å². The number of aromatic nitrogens is 1. The third-order valence-electron chi connectivity index (χ3n) is 3.37. The van der Waals surface area contributed by atoms with Crippen LogP contribution in [0.5, 0.6) is 0 Å². The van der Waals surface area contributed by atoms with Gasteiger partial charge in [-0.05, 0) is 30.4 Å². The molecule has 0 fully saturated rings. The summed E-state index contributed by atoms with van der Waals surface area (Å²) in [5.41, 5.74) is 9.64. The van der Waals surface area contributed by atoms with E-state index in [-0.39, 0.29) is 0 Å². The predicted octanol–water partition coefficient (Wildman–Crippen LogP) is 2.47. The van der Waals surface area contributed by atoms with Crippen molar-refractivity contribution in [3.05, 3.63) is 90.7 Å². The minimum absolute atomic E-state index is 0.609. The summed E-state index contributed by atoms with van der Waals surface area (Å²) in [7, 11) is 0. The van der Waals surface area contributed by atoms with Gasteiger partial charge in [0.1, 0.15) is 0 Å². The number of hydrogen-bond donors (Lipinski definition) is 2. The standard InChI is InChI=1S/C18H22N4/c1-3-17(19)18(4-2)22(13-15-9-5-7-11-20-15)14-16-10-6-8-12-21-16/h3-11,21H,1-2,12-14,19H2/b18-17-. The molecule has 1 aromatic rings. The Balaban J connectivity index is 2.27. The number of rotatable bonds is 7. The monoisotopic (exact) mass is 294 g/mol. The summed E-state index contributed by atoms with van der Waals surface area (Å²) < 4.78 is 0. The second kappa shape index (κ2) is 7.88. The van der Waals surface area contributed by atoms with Crippen LogP contribution in [0.1, 0.15) is 5.69 Å². The molecule has 0 radical (unpaired) electrons. The van der Waals surface area contributed by atoms with E-state index in [0.717, 1.165) is 23.6 Å². The normalized spacial score (nSPS) is 14.5. The molecule has 0 unspecified atom stereocenters. The third-order valence-corrected chi connectivity index (χ3v) is 3.37. The van der Waals surface area contributed by atoms with Crippen LogP contribution in [0.2, 0.25) is 0 Å². The first-order valence-corrected chi connectivity index (χ1v) is 7.23. The van der Waals surface area contributed by atoms with Crippen LogP contribution >= 0.6 is 0 Å². The van der Waals surface area contributed by atoms with E-state index in [1.54, 1.807) is 18.3 Å². The van der Waals surface area contributed by atoms with Gasteiger partial charge in [-0.15, -0.1) is 0 Å². The number of dihydropyridines is 1. The highest BCUT2D eigenvalue weighted by Gasteiger charge is 2.13. The molecule has 1 aromatic heterocycles. The summed E-state index contributed by atoms with van der Waals surface area (Å²) >= 11 is 0.